The van der Waals surface area contributed by atoms with Crippen LogP contribution in [0.15, 0.2) is 53.9 Å². The summed E-state index contributed by atoms with van der Waals surface area (Å²) in [4.78, 5) is 13.3. The van der Waals surface area contributed by atoms with Gasteiger partial charge >= 0.3 is 0 Å². The third kappa shape index (κ3) is 3.78. The van der Waals surface area contributed by atoms with E-state index in [4.69, 9.17) is 14.2 Å². The van der Waals surface area contributed by atoms with Crippen molar-refractivity contribution in [1.29, 1.82) is 0 Å². The summed E-state index contributed by atoms with van der Waals surface area (Å²) in [6.07, 6.45) is 4.35. The molecule has 32 heavy (non-hydrogen) atoms. The van der Waals surface area contributed by atoms with E-state index >= 15 is 0 Å². The maximum absolute atomic E-state index is 12.6. The number of methoxy groups -OCH3 is 2. The molecule has 2 aliphatic rings. The first-order chi connectivity index (χ1) is 15.7. The first-order valence-corrected chi connectivity index (χ1v) is 11.9. The van der Waals surface area contributed by atoms with Crippen molar-refractivity contribution in [1.82, 2.24) is 0 Å². The van der Waals surface area contributed by atoms with Crippen LogP contribution in [-0.2, 0) is 4.74 Å². The number of anilines is 1. The molecule has 0 saturated heterocycles. The lowest BCUT2D eigenvalue weighted by Crippen LogP contribution is -2.34. The number of hydrogen-bond acceptors (Lipinski definition) is 5. The van der Waals surface area contributed by atoms with Gasteiger partial charge in [0.25, 0.3) is 5.91 Å². The Morgan fingerprint density at radius 1 is 1.00 bits per heavy atom. The highest BCUT2D eigenvalue weighted by atomic mass is 32.1. The second-order valence-corrected chi connectivity index (χ2v) is 9.25. The summed E-state index contributed by atoms with van der Waals surface area (Å²) in [6.45, 7) is 0. The van der Waals surface area contributed by atoms with Gasteiger partial charge in [0.2, 0.25) is 0 Å². The zero-order valence-corrected chi connectivity index (χ0v) is 19.1. The molecule has 1 saturated carbocycles. The average Bonchev–Trinajstić information content (AvgIpc) is 3.38. The number of amides is 1. The number of carbonyl (C=O) groups is 1. The van der Waals surface area contributed by atoms with Crippen LogP contribution in [0.1, 0.15) is 64.1 Å². The van der Waals surface area contributed by atoms with Gasteiger partial charge in [0.15, 0.2) is 0 Å². The second kappa shape index (κ2) is 8.96. The summed E-state index contributed by atoms with van der Waals surface area (Å²) in [5.41, 5.74) is 3.99. The van der Waals surface area contributed by atoms with E-state index < -0.39 is 0 Å². The number of fused-ring (bicyclic) bond motifs is 3. The van der Waals surface area contributed by atoms with E-state index in [1.807, 2.05) is 47.8 Å². The van der Waals surface area contributed by atoms with Gasteiger partial charge in [-0.2, -0.15) is 0 Å². The molecule has 3 atom stereocenters. The summed E-state index contributed by atoms with van der Waals surface area (Å²) in [5, 5.41) is 4.92. The first kappa shape index (κ1) is 21.0. The molecule has 3 aromatic rings. The van der Waals surface area contributed by atoms with E-state index in [-0.39, 0.29) is 18.1 Å². The summed E-state index contributed by atoms with van der Waals surface area (Å²) in [6, 6.07) is 15.6. The molecule has 166 valence electrons. The van der Waals surface area contributed by atoms with Crippen LogP contribution >= 0.6 is 11.3 Å². The molecular formula is C26H27NO4S. The molecule has 1 amide bonds. The molecule has 5 nitrogen and oxygen atoms in total. The van der Waals surface area contributed by atoms with Gasteiger partial charge in [-0.05, 0) is 54.1 Å². The maximum Gasteiger partial charge on any atom is 0.265 e. The second-order valence-electron chi connectivity index (χ2n) is 8.30. The Balaban J connectivity index is 1.56. The Labute approximate surface area is 192 Å². The number of rotatable bonds is 5. The number of hydrogen-bond donors (Lipinski definition) is 1. The summed E-state index contributed by atoms with van der Waals surface area (Å²) in [7, 11) is 3.43. The Bertz CT molecular complexity index is 1110. The van der Waals surface area contributed by atoms with E-state index in [1.54, 1.807) is 14.2 Å². The smallest absolute Gasteiger partial charge is 0.265 e. The van der Waals surface area contributed by atoms with Crippen LogP contribution in [-0.4, -0.2) is 26.2 Å². The summed E-state index contributed by atoms with van der Waals surface area (Å²) < 4.78 is 18.3. The van der Waals surface area contributed by atoms with Crippen LogP contribution in [0.25, 0.3) is 0 Å². The van der Waals surface area contributed by atoms with Crippen molar-refractivity contribution in [3.8, 4) is 11.5 Å². The van der Waals surface area contributed by atoms with Gasteiger partial charge in [-0.3, -0.25) is 4.79 Å². The first-order valence-electron chi connectivity index (χ1n) is 11.0. The van der Waals surface area contributed by atoms with Crippen molar-refractivity contribution in [2.45, 2.75) is 43.8 Å². The standard InChI is InChI=1S/C26H27NO4S/c1-29-20-12-13-21(30-2)24-23(20)18-9-3-4-10-19(18)31-25(24)16-7-5-8-17(15-16)27-26(28)22-11-6-14-32-22/h5-8,11-15,18-19,25H,3-4,9-10H2,1-2H3,(H,27,28)/t18-,19-,25+/m1/s1. The fourth-order valence-corrected chi connectivity index (χ4v) is 5.68. The fourth-order valence-electron chi connectivity index (χ4n) is 5.06. The lowest BCUT2D eigenvalue weighted by atomic mass is 9.75. The van der Waals surface area contributed by atoms with Crippen LogP contribution in [0.2, 0.25) is 0 Å². The van der Waals surface area contributed by atoms with Crippen LogP contribution < -0.4 is 14.8 Å². The highest BCUT2D eigenvalue weighted by Crippen LogP contribution is 2.53. The monoisotopic (exact) mass is 449 g/mol. The van der Waals surface area contributed by atoms with Crippen molar-refractivity contribution in [2.24, 2.45) is 0 Å². The minimum Gasteiger partial charge on any atom is -0.496 e. The molecule has 2 heterocycles. The Morgan fingerprint density at radius 3 is 2.53 bits per heavy atom. The van der Waals surface area contributed by atoms with Gasteiger partial charge in [0.05, 0.1) is 25.2 Å². The van der Waals surface area contributed by atoms with Crippen molar-refractivity contribution in [3.05, 3.63) is 75.5 Å². The Hall–Kier alpha value is -2.83. The largest absolute Gasteiger partial charge is 0.496 e. The zero-order valence-electron chi connectivity index (χ0n) is 18.3. The van der Waals surface area contributed by atoms with Crippen molar-refractivity contribution in [2.75, 3.05) is 19.5 Å². The number of ether oxygens (including phenoxy) is 3. The van der Waals surface area contributed by atoms with Gasteiger partial charge in [-0.1, -0.05) is 31.0 Å². The minimum atomic E-state index is -0.284. The van der Waals surface area contributed by atoms with E-state index in [0.29, 0.717) is 10.8 Å². The van der Waals surface area contributed by atoms with Gasteiger partial charge in [0, 0.05) is 22.7 Å². The van der Waals surface area contributed by atoms with Crippen molar-refractivity contribution in [3.63, 3.8) is 0 Å². The number of carbonyl (C=O) groups excluding carboxylic acids is 1. The molecule has 0 bridgehead atoms. The van der Waals surface area contributed by atoms with Crippen molar-refractivity contribution >= 4 is 22.9 Å². The minimum absolute atomic E-state index is 0.103. The molecule has 0 spiro atoms. The third-order valence-electron chi connectivity index (χ3n) is 6.49. The molecular weight excluding hydrogens is 422 g/mol. The molecule has 1 aliphatic heterocycles. The number of nitrogens with one attached hydrogen (secondary N) is 1. The highest BCUT2D eigenvalue weighted by molar-refractivity contribution is 7.12. The Morgan fingerprint density at radius 2 is 1.78 bits per heavy atom. The van der Waals surface area contributed by atoms with E-state index in [1.165, 1.54) is 29.7 Å². The normalized spacial score (nSPS) is 21.9. The quantitative estimate of drug-likeness (QED) is 0.507. The molecule has 1 N–H and O–H groups in total. The lowest BCUT2D eigenvalue weighted by molar-refractivity contribution is -0.0406. The maximum atomic E-state index is 12.6. The predicted octanol–water partition coefficient (Wildman–Crippen LogP) is 6.16. The molecule has 2 aromatic carbocycles. The fraction of sp³-hybridized carbons (Fsp3) is 0.346. The van der Waals surface area contributed by atoms with Gasteiger partial charge < -0.3 is 19.5 Å². The zero-order chi connectivity index (χ0) is 22.1. The molecule has 5 rings (SSSR count). The van der Waals surface area contributed by atoms with Gasteiger partial charge in [0.1, 0.15) is 17.6 Å². The number of benzene rings is 2. The third-order valence-corrected chi connectivity index (χ3v) is 7.35. The molecule has 1 aromatic heterocycles. The van der Waals surface area contributed by atoms with Crippen LogP contribution in [0.4, 0.5) is 5.69 Å². The lowest BCUT2D eigenvalue weighted by Gasteiger charge is -2.42. The van der Waals surface area contributed by atoms with Crippen LogP contribution in [0.3, 0.4) is 0 Å². The van der Waals surface area contributed by atoms with Crippen LogP contribution in [0.5, 0.6) is 11.5 Å². The number of thiophene rings is 1. The topological polar surface area (TPSA) is 56.8 Å². The van der Waals surface area contributed by atoms with E-state index in [0.717, 1.165) is 41.2 Å². The average molecular weight is 450 g/mol. The molecule has 1 fully saturated rings. The van der Waals surface area contributed by atoms with Crippen LogP contribution in [0, 0.1) is 0 Å². The molecule has 0 radical (unpaired) electrons. The van der Waals surface area contributed by atoms with Crippen molar-refractivity contribution < 1.29 is 19.0 Å². The molecule has 6 heteroatoms. The summed E-state index contributed by atoms with van der Waals surface area (Å²) >= 11 is 1.43. The van der Waals surface area contributed by atoms with E-state index in [2.05, 4.69) is 11.4 Å². The SMILES string of the molecule is COc1ccc(OC)c2c1[C@H](c1cccc(NC(=O)c3cccs3)c1)O[C@@H]1CCCC[C@@H]21. The molecule has 1 aliphatic carbocycles. The van der Waals surface area contributed by atoms with Gasteiger partial charge in [-0.25, -0.2) is 0 Å². The predicted molar refractivity (Wildman–Crippen MR) is 126 cm³/mol. The van der Waals surface area contributed by atoms with E-state index in [9.17, 15) is 4.79 Å². The highest BCUT2D eigenvalue weighted by Gasteiger charge is 2.41. The Kier molecular flexibility index (Phi) is 5.89. The summed E-state index contributed by atoms with van der Waals surface area (Å²) in [5.74, 6) is 1.91. The van der Waals surface area contributed by atoms with Gasteiger partial charge in [-0.15, -0.1) is 11.3 Å². The molecule has 0 unspecified atom stereocenters.